The van der Waals surface area contributed by atoms with Crippen LogP contribution in [0.1, 0.15) is 5.56 Å². The van der Waals surface area contributed by atoms with E-state index in [-0.39, 0.29) is 5.84 Å². The van der Waals surface area contributed by atoms with Crippen molar-refractivity contribution in [3.63, 3.8) is 0 Å². The Morgan fingerprint density at radius 2 is 2.20 bits per heavy atom. The maximum Gasteiger partial charge on any atom is 0.413 e. The van der Waals surface area contributed by atoms with Crippen molar-refractivity contribution in [2.75, 3.05) is 19.1 Å². The van der Waals surface area contributed by atoms with Crippen LogP contribution in [-0.4, -0.2) is 26.1 Å². The topological polar surface area (TPSA) is 79.4 Å². The van der Waals surface area contributed by atoms with Crippen molar-refractivity contribution in [3.8, 4) is 0 Å². The van der Waals surface area contributed by atoms with Crippen LogP contribution in [0.3, 0.4) is 0 Å². The van der Waals surface area contributed by atoms with Crippen LogP contribution in [0.4, 0.5) is 10.5 Å². The molecule has 1 rings (SSSR count). The van der Waals surface area contributed by atoms with Gasteiger partial charge in [-0.3, -0.25) is 10.3 Å². The van der Waals surface area contributed by atoms with Crippen LogP contribution in [0.25, 0.3) is 0 Å². The quantitative estimate of drug-likeness (QED) is 0.564. The van der Waals surface area contributed by atoms with Crippen molar-refractivity contribution in [1.29, 1.82) is 5.41 Å². The number of hydrogen-bond acceptors (Lipinski definition) is 3. The van der Waals surface area contributed by atoms with Crippen LogP contribution < -0.4 is 10.6 Å². The molecule has 0 unspecified atom stereocenters. The Kier molecular flexibility index (Phi) is 3.28. The molecule has 0 fully saturated rings. The summed E-state index contributed by atoms with van der Waals surface area (Å²) in [5, 5.41) is 7.27. The van der Waals surface area contributed by atoms with E-state index < -0.39 is 6.09 Å². The van der Waals surface area contributed by atoms with Crippen molar-refractivity contribution < 1.29 is 9.53 Å². The van der Waals surface area contributed by atoms with E-state index in [9.17, 15) is 4.79 Å². The fourth-order valence-electron chi connectivity index (χ4n) is 1.12. The van der Waals surface area contributed by atoms with Gasteiger partial charge in [-0.25, -0.2) is 4.79 Å². The van der Waals surface area contributed by atoms with E-state index in [2.05, 4.69) is 4.74 Å². The van der Waals surface area contributed by atoms with Gasteiger partial charge in [0.2, 0.25) is 0 Å². The summed E-state index contributed by atoms with van der Waals surface area (Å²) in [5.41, 5.74) is 6.55. The molecular formula is C10H13N3O2. The standard InChI is InChI=1S/C10H13N3O2/c1-13(10(14)15-2)8-5-3-4-7(6-8)9(11)12/h3-6H,1-2H3,(H3,11,12). The molecular weight excluding hydrogens is 194 g/mol. The summed E-state index contributed by atoms with van der Waals surface area (Å²) in [6.45, 7) is 0. The minimum atomic E-state index is -0.462. The highest BCUT2D eigenvalue weighted by Crippen LogP contribution is 2.15. The molecule has 80 valence electrons. The molecule has 5 nitrogen and oxygen atoms in total. The lowest BCUT2D eigenvalue weighted by molar-refractivity contribution is 0.180. The Morgan fingerprint density at radius 3 is 2.73 bits per heavy atom. The highest BCUT2D eigenvalue weighted by molar-refractivity contribution is 5.97. The van der Waals surface area contributed by atoms with Crippen molar-refractivity contribution in [2.24, 2.45) is 5.73 Å². The largest absolute Gasteiger partial charge is 0.452 e. The van der Waals surface area contributed by atoms with E-state index in [1.165, 1.54) is 12.0 Å². The first-order chi connectivity index (χ1) is 7.06. The van der Waals surface area contributed by atoms with Crippen LogP contribution >= 0.6 is 0 Å². The van der Waals surface area contributed by atoms with Crippen molar-refractivity contribution >= 4 is 17.6 Å². The molecule has 0 atom stereocenters. The van der Waals surface area contributed by atoms with Gasteiger partial charge < -0.3 is 10.5 Å². The second-order valence-electron chi connectivity index (χ2n) is 2.99. The number of benzene rings is 1. The first-order valence-electron chi connectivity index (χ1n) is 4.32. The first kappa shape index (κ1) is 11.0. The lowest BCUT2D eigenvalue weighted by Gasteiger charge is -2.16. The number of nitrogens with two attached hydrogens (primary N) is 1. The molecule has 0 aliphatic carbocycles. The molecule has 0 radical (unpaired) electrons. The van der Waals surface area contributed by atoms with Crippen LogP contribution in [0.2, 0.25) is 0 Å². The Morgan fingerprint density at radius 1 is 1.53 bits per heavy atom. The predicted molar refractivity (Wildman–Crippen MR) is 58.3 cm³/mol. The van der Waals surface area contributed by atoms with Gasteiger partial charge in [0.15, 0.2) is 0 Å². The minimum Gasteiger partial charge on any atom is -0.452 e. The number of amidine groups is 1. The van der Waals surface area contributed by atoms with E-state index in [1.54, 1.807) is 31.3 Å². The molecule has 0 aromatic heterocycles. The molecule has 1 aromatic carbocycles. The zero-order valence-electron chi connectivity index (χ0n) is 8.65. The van der Waals surface area contributed by atoms with Crippen LogP contribution in [0.5, 0.6) is 0 Å². The van der Waals surface area contributed by atoms with Gasteiger partial charge >= 0.3 is 6.09 Å². The van der Waals surface area contributed by atoms with E-state index in [0.717, 1.165) is 0 Å². The van der Waals surface area contributed by atoms with Gasteiger partial charge in [-0.2, -0.15) is 0 Å². The number of rotatable bonds is 2. The lowest BCUT2D eigenvalue weighted by atomic mass is 10.2. The molecule has 0 heterocycles. The molecule has 5 heteroatoms. The Bertz CT molecular complexity index is 390. The fourth-order valence-corrected chi connectivity index (χ4v) is 1.12. The molecule has 0 spiro atoms. The van der Waals surface area contributed by atoms with Gasteiger partial charge in [-0.05, 0) is 12.1 Å². The second kappa shape index (κ2) is 4.45. The van der Waals surface area contributed by atoms with Crippen molar-refractivity contribution in [1.82, 2.24) is 0 Å². The summed E-state index contributed by atoms with van der Waals surface area (Å²) >= 11 is 0. The molecule has 0 aliphatic heterocycles. The maximum absolute atomic E-state index is 11.2. The first-order valence-corrected chi connectivity index (χ1v) is 4.32. The number of carbonyl (C=O) groups is 1. The number of anilines is 1. The number of nitrogens with zero attached hydrogens (tertiary/aromatic N) is 1. The second-order valence-corrected chi connectivity index (χ2v) is 2.99. The van der Waals surface area contributed by atoms with Crippen molar-refractivity contribution in [3.05, 3.63) is 29.8 Å². The number of carbonyl (C=O) groups excluding carboxylic acids is 1. The molecule has 0 saturated carbocycles. The fraction of sp³-hybridized carbons (Fsp3) is 0.200. The molecule has 0 aliphatic rings. The molecule has 0 saturated heterocycles. The summed E-state index contributed by atoms with van der Waals surface area (Å²) in [7, 11) is 2.90. The SMILES string of the molecule is COC(=O)N(C)c1cccc(C(=N)N)c1. The van der Waals surface area contributed by atoms with Crippen LogP contribution in [0.15, 0.2) is 24.3 Å². The summed E-state index contributed by atoms with van der Waals surface area (Å²) in [6.07, 6.45) is -0.462. The molecule has 1 aromatic rings. The zero-order chi connectivity index (χ0) is 11.4. The van der Waals surface area contributed by atoms with Crippen LogP contribution in [0, 0.1) is 5.41 Å². The highest BCUT2D eigenvalue weighted by atomic mass is 16.5. The third kappa shape index (κ3) is 2.46. The number of nitrogen functional groups attached to an aromatic ring is 1. The minimum absolute atomic E-state index is 0.0323. The summed E-state index contributed by atoms with van der Waals surface area (Å²) in [5.74, 6) is -0.0323. The average molecular weight is 207 g/mol. The van der Waals surface area contributed by atoms with Gasteiger partial charge in [-0.15, -0.1) is 0 Å². The third-order valence-corrected chi connectivity index (χ3v) is 1.99. The molecule has 1 amide bonds. The maximum atomic E-state index is 11.2. The van der Waals surface area contributed by atoms with Gasteiger partial charge in [0.1, 0.15) is 5.84 Å². The molecule has 15 heavy (non-hydrogen) atoms. The number of ether oxygens (including phenoxy) is 1. The Hall–Kier alpha value is -2.04. The van der Waals surface area contributed by atoms with E-state index >= 15 is 0 Å². The number of hydrogen-bond donors (Lipinski definition) is 2. The molecule has 3 N–H and O–H groups in total. The Labute approximate surface area is 88.0 Å². The van der Waals surface area contributed by atoms with E-state index in [0.29, 0.717) is 11.3 Å². The zero-order valence-corrected chi connectivity index (χ0v) is 8.65. The average Bonchev–Trinajstić information content (AvgIpc) is 2.27. The number of nitrogens with one attached hydrogen (secondary N) is 1. The lowest BCUT2D eigenvalue weighted by Crippen LogP contribution is -2.26. The van der Waals surface area contributed by atoms with Crippen molar-refractivity contribution in [2.45, 2.75) is 0 Å². The number of amides is 1. The Balaban J connectivity index is 3.00. The molecule has 0 bridgehead atoms. The van der Waals surface area contributed by atoms with Gasteiger partial charge in [-0.1, -0.05) is 12.1 Å². The van der Waals surface area contributed by atoms with Crippen LogP contribution in [-0.2, 0) is 4.74 Å². The van der Waals surface area contributed by atoms with Gasteiger partial charge in [0.05, 0.1) is 7.11 Å². The van der Waals surface area contributed by atoms with E-state index in [4.69, 9.17) is 11.1 Å². The smallest absolute Gasteiger partial charge is 0.413 e. The summed E-state index contributed by atoms with van der Waals surface area (Å²) in [4.78, 5) is 12.6. The highest BCUT2D eigenvalue weighted by Gasteiger charge is 2.10. The summed E-state index contributed by atoms with van der Waals surface area (Å²) in [6, 6.07) is 6.82. The predicted octanol–water partition coefficient (Wildman–Crippen LogP) is 1.17. The number of methoxy groups -OCH3 is 1. The van der Waals surface area contributed by atoms with E-state index in [1.807, 2.05) is 0 Å². The third-order valence-electron chi connectivity index (χ3n) is 1.99. The normalized spacial score (nSPS) is 9.47. The summed E-state index contributed by atoms with van der Waals surface area (Å²) < 4.78 is 4.57. The monoisotopic (exact) mass is 207 g/mol. The van der Waals surface area contributed by atoms with Gasteiger partial charge in [0, 0.05) is 18.3 Å². The van der Waals surface area contributed by atoms with Gasteiger partial charge in [0.25, 0.3) is 0 Å².